The highest BCUT2D eigenvalue weighted by Gasteiger charge is 2.15. The van der Waals surface area contributed by atoms with Crippen molar-refractivity contribution in [2.45, 2.75) is 104 Å². The third-order valence-electron chi connectivity index (χ3n) is 4.11. The van der Waals surface area contributed by atoms with Crippen LogP contribution in [-0.2, 0) is 14.3 Å². The van der Waals surface area contributed by atoms with E-state index in [1.807, 2.05) is 39.5 Å². The van der Waals surface area contributed by atoms with Crippen LogP contribution in [0, 0.1) is 0 Å². The van der Waals surface area contributed by atoms with E-state index in [-0.39, 0.29) is 12.1 Å². The van der Waals surface area contributed by atoms with Crippen LogP contribution in [0.5, 0.6) is 0 Å². The number of hydrogen-bond acceptors (Lipinski definition) is 5. The van der Waals surface area contributed by atoms with Crippen molar-refractivity contribution in [2.24, 2.45) is 0 Å². The molecular weight excluding hydrogens is 374 g/mol. The summed E-state index contributed by atoms with van der Waals surface area (Å²) in [6.45, 7) is 8.64. The second kappa shape index (κ2) is 18.1. The second-order valence-electron chi connectivity index (χ2n) is 8.13. The van der Waals surface area contributed by atoms with Crippen LogP contribution in [0.1, 0.15) is 98.3 Å². The first-order valence-corrected chi connectivity index (χ1v) is 12.2. The molecule has 0 aliphatic carbocycles. The Balaban J connectivity index is 3.18. The third kappa shape index (κ3) is 21.4. The molecule has 5 nitrogen and oxygen atoms in total. The number of unbranched alkanes of at least 4 members (excludes halogenated alkanes) is 8. The summed E-state index contributed by atoms with van der Waals surface area (Å²) in [5, 5.41) is 2.80. The predicted molar refractivity (Wildman–Crippen MR) is 119 cm³/mol. The Morgan fingerprint density at radius 1 is 0.821 bits per heavy atom. The summed E-state index contributed by atoms with van der Waals surface area (Å²) in [7, 11) is 0. The number of nitrogens with one attached hydrogen (secondary N) is 1. The van der Waals surface area contributed by atoms with Crippen molar-refractivity contribution in [1.29, 1.82) is 0 Å². The molecule has 0 spiro atoms. The Labute approximate surface area is 177 Å². The first-order chi connectivity index (χ1) is 13.3. The molecule has 0 bridgehead atoms. The van der Waals surface area contributed by atoms with Crippen LogP contribution in [0.15, 0.2) is 0 Å². The highest BCUT2D eigenvalue weighted by molar-refractivity contribution is 7.99. The van der Waals surface area contributed by atoms with Gasteiger partial charge in [0.25, 0.3) is 0 Å². The van der Waals surface area contributed by atoms with E-state index < -0.39 is 5.60 Å². The van der Waals surface area contributed by atoms with E-state index in [4.69, 9.17) is 9.47 Å². The van der Waals surface area contributed by atoms with Crippen molar-refractivity contribution in [3.8, 4) is 0 Å². The van der Waals surface area contributed by atoms with Gasteiger partial charge in [-0.15, -0.1) is 0 Å². The largest absolute Gasteiger partial charge is 0.466 e. The van der Waals surface area contributed by atoms with Gasteiger partial charge in [0.2, 0.25) is 0 Å². The first kappa shape index (κ1) is 27.1. The molecule has 0 aromatic heterocycles. The molecule has 166 valence electrons. The molecule has 28 heavy (non-hydrogen) atoms. The number of hydrogen-bond donors (Lipinski definition) is 1. The van der Waals surface area contributed by atoms with E-state index in [1.54, 1.807) is 0 Å². The summed E-state index contributed by atoms with van der Waals surface area (Å²) >= 11 is 1.97. The number of carbonyl (C=O) groups is 2. The Morgan fingerprint density at radius 2 is 1.36 bits per heavy atom. The summed E-state index contributed by atoms with van der Waals surface area (Å²) < 4.78 is 10.1. The summed E-state index contributed by atoms with van der Waals surface area (Å²) in [4.78, 5) is 22.7. The molecule has 0 unspecified atom stereocenters. The lowest BCUT2D eigenvalue weighted by molar-refractivity contribution is -0.143. The minimum Gasteiger partial charge on any atom is -0.466 e. The molecule has 6 heteroatoms. The van der Waals surface area contributed by atoms with E-state index in [0.29, 0.717) is 19.6 Å². The van der Waals surface area contributed by atoms with Crippen molar-refractivity contribution in [1.82, 2.24) is 5.32 Å². The highest BCUT2D eigenvalue weighted by Crippen LogP contribution is 2.13. The van der Waals surface area contributed by atoms with Gasteiger partial charge in [-0.3, -0.25) is 4.79 Å². The zero-order chi connectivity index (χ0) is 21.1. The normalized spacial score (nSPS) is 11.3. The van der Waals surface area contributed by atoms with Gasteiger partial charge in [-0.2, -0.15) is 11.8 Å². The van der Waals surface area contributed by atoms with Crippen LogP contribution in [0.3, 0.4) is 0 Å². The van der Waals surface area contributed by atoms with E-state index >= 15 is 0 Å². The molecule has 0 aromatic carbocycles. The number of esters is 1. The average Bonchev–Trinajstić information content (AvgIpc) is 2.60. The van der Waals surface area contributed by atoms with Crippen LogP contribution < -0.4 is 5.32 Å². The first-order valence-electron chi connectivity index (χ1n) is 11.1. The summed E-state index contributed by atoms with van der Waals surface area (Å²) in [6, 6.07) is 0. The van der Waals surface area contributed by atoms with E-state index in [0.717, 1.165) is 25.0 Å². The van der Waals surface area contributed by atoms with Gasteiger partial charge in [-0.05, 0) is 58.5 Å². The van der Waals surface area contributed by atoms with Gasteiger partial charge in [0.1, 0.15) is 5.60 Å². The Bertz CT molecular complexity index is 396. The molecule has 0 saturated carbocycles. The van der Waals surface area contributed by atoms with Crippen LogP contribution >= 0.6 is 11.8 Å². The van der Waals surface area contributed by atoms with Gasteiger partial charge < -0.3 is 14.8 Å². The molecule has 0 radical (unpaired) electrons. The summed E-state index contributed by atoms with van der Waals surface area (Å²) in [5.41, 5.74) is -0.428. The van der Waals surface area contributed by atoms with Crippen LogP contribution in [0.4, 0.5) is 4.79 Å². The van der Waals surface area contributed by atoms with E-state index in [2.05, 4.69) is 5.32 Å². The number of alkyl carbamates (subject to hydrolysis) is 1. The molecule has 0 saturated heterocycles. The number of amides is 1. The number of rotatable bonds is 17. The minimum absolute atomic E-state index is 0.0559. The van der Waals surface area contributed by atoms with E-state index in [9.17, 15) is 9.59 Å². The standard InChI is InChI=1S/C22H43NO4S/c1-5-26-20(24)16-13-11-9-7-6-8-10-12-14-18-28-19-15-17-23-21(25)27-22(2,3)4/h5-19H2,1-4H3,(H,23,25). The Kier molecular flexibility index (Phi) is 17.6. The summed E-state index contributed by atoms with van der Waals surface area (Å²) in [6.07, 6.45) is 12.4. The quantitative estimate of drug-likeness (QED) is 0.229. The lowest BCUT2D eigenvalue weighted by atomic mass is 10.1. The molecule has 0 aliphatic heterocycles. The van der Waals surface area contributed by atoms with E-state index in [1.165, 1.54) is 50.7 Å². The van der Waals surface area contributed by atoms with Gasteiger partial charge >= 0.3 is 12.1 Å². The van der Waals surface area contributed by atoms with Crippen molar-refractivity contribution in [2.75, 3.05) is 24.7 Å². The molecule has 1 amide bonds. The van der Waals surface area contributed by atoms with Gasteiger partial charge in [-0.1, -0.05) is 44.9 Å². The molecule has 0 aromatic rings. The molecule has 0 heterocycles. The smallest absolute Gasteiger partial charge is 0.407 e. The SMILES string of the molecule is CCOC(=O)CCCCCCCCCCCSCCCNC(=O)OC(C)(C)C. The van der Waals surface area contributed by atoms with Gasteiger partial charge in [0.15, 0.2) is 0 Å². The van der Waals surface area contributed by atoms with Gasteiger partial charge in [0.05, 0.1) is 6.61 Å². The van der Waals surface area contributed by atoms with Crippen molar-refractivity contribution in [3.63, 3.8) is 0 Å². The lowest BCUT2D eigenvalue weighted by Gasteiger charge is -2.19. The third-order valence-corrected chi connectivity index (χ3v) is 5.26. The highest BCUT2D eigenvalue weighted by atomic mass is 32.2. The number of carbonyl (C=O) groups excluding carboxylic acids is 2. The monoisotopic (exact) mass is 417 g/mol. The van der Waals surface area contributed by atoms with Gasteiger partial charge in [0, 0.05) is 13.0 Å². The zero-order valence-corrected chi connectivity index (χ0v) is 19.5. The predicted octanol–water partition coefficient (Wildman–Crippen LogP) is 6.10. The number of thioether (sulfide) groups is 1. The minimum atomic E-state index is -0.428. The fourth-order valence-electron chi connectivity index (χ4n) is 2.72. The molecule has 0 rings (SSSR count). The van der Waals surface area contributed by atoms with Crippen LogP contribution in [0.25, 0.3) is 0 Å². The second-order valence-corrected chi connectivity index (χ2v) is 9.36. The van der Waals surface area contributed by atoms with Crippen molar-refractivity contribution < 1.29 is 19.1 Å². The van der Waals surface area contributed by atoms with Crippen LogP contribution in [0.2, 0.25) is 0 Å². The van der Waals surface area contributed by atoms with Crippen molar-refractivity contribution >= 4 is 23.8 Å². The topological polar surface area (TPSA) is 64.6 Å². The maximum atomic E-state index is 11.5. The maximum Gasteiger partial charge on any atom is 0.407 e. The zero-order valence-electron chi connectivity index (χ0n) is 18.6. The lowest BCUT2D eigenvalue weighted by Crippen LogP contribution is -2.33. The molecule has 0 atom stereocenters. The molecule has 0 fully saturated rings. The summed E-state index contributed by atoms with van der Waals surface area (Å²) in [5.74, 6) is 2.24. The van der Waals surface area contributed by atoms with Gasteiger partial charge in [-0.25, -0.2) is 4.79 Å². The fraction of sp³-hybridized carbons (Fsp3) is 0.909. The van der Waals surface area contributed by atoms with Crippen LogP contribution in [-0.4, -0.2) is 42.3 Å². The Morgan fingerprint density at radius 3 is 1.93 bits per heavy atom. The maximum absolute atomic E-state index is 11.5. The Hall–Kier alpha value is -0.910. The molecule has 1 N–H and O–H groups in total. The molecular formula is C22H43NO4S. The molecule has 0 aliphatic rings. The fourth-order valence-corrected chi connectivity index (χ4v) is 3.69. The van der Waals surface area contributed by atoms with Crippen molar-refractivity contribution in [3.05, 3.63) is 0 Å². The average molecular weight is 418 g/mol. The number of ether oxygens (including phenoxy) is 2.